The van der Waals surface area contributed by atoms with Crippen LogP contribution in [-0.4, -0.2) is 24.5 Å². The highest BCUT2D eigenvalue weighted by molar-refractivity contribution is 5.25. The van der Waals surface area contributed by atoms with Gasteiger partial charge >= 0.3 is 0 Å². The third-order valence-electron chi connectivity index (χ3n) is 4.11. The van der Waals surface area contributed by atoms with E-state index in [1.54, 1.807) is 6.07 Å². The molecule has 0 aromatic heterocycles. The fourth-order valence-electron chi connectivity index (χ4n) is 2.48. The molecule has 0 saturated heterocycles. The first kappa shape index (κ1) is 14.5. The average Bonchev–Trinajstić information content (AvgIpc) is 3.23. The molecule has 19 heavy (non-hydrogen) atoms. The van der Waals surface area contributed by atoms with E-state index in [1.165, 1.54) is 12.8 Å². The first-order valence-electron chi connectivity index (χ1n) is 7.30. The third-order valence-corrected chi connectivity index (χ3v) is 4.11. The molecule has 1 aliphatic rings. The molecular weight excluding hydrogens is 239 g/mol. The maximum absolute atomic E-state index is 13.9. The summed E-state index contributed by atoms with van der Waals surface area (Å²) in [4.78, 5) is 2.27. The van der Waals surface area contributed by atoms with E-state index in [2.05, 4.69) is 31.1 Å². The van der Waals surface area contributed by atoms with Crippen LogP contribution in [0, 0.1) is 11.7 Å². The van der Waals surface area contributed by atoms with Crippen molar-refractivity contribution >= 4 is 0 Å². The van der Waals surface area contributed by atoms with Gasteiger partial charge < -0.3 is 5.32 Å². The maximum atomic E-state index is 13.9. The monoisotopic (exact) mass is 264 g/mol. The summed E-state index contributed by atoms with van der Waals surface area (Å²) in [7, 11) is 2.10. The molecule has 0 bridgehead atoms. The highest BCUT2D eigenvalue weighted by Crippen LogP contribution is 2.35. The topological polar surface area (TPSA) is 15.3 Å². The van der Waals surface area contributed by atoms with Crippen LogP contribution in [-0.2, 0) is 13.1 Å². The zero-order valence-corrected chi connectivity index (χ0v) is 12.2. The number of halogens is 1. The summed E-state index contributed by atoms with van der Waals surface area (Å²) >= 11 is 0. The first-order chi connectivity index (χ1) is 9.11. The van der Waals surface area contributed by atoms with Crippen molar-refractivity contribution in [1.82, 2.24) is 10.2 Å². The SMILES string of the molecule is CCNCc1ccc(F)c(CN(C)C(C)C2CC2)c1. The molecular formula is C16H25FN2. The van der Waals surface area contributed by atoms with E-state index in [-0.39, 0.29) is 5.82 Å². The fourth-order valence-corrected chi connectivity index (χ4v) is 2.48. The summed E-state index contributed by atoms with van der Waals surface area (Å²) in [5.41, 5.74) is 1.97. The van der Waals surface area contributed by atoms with Crippen molar-refractivity contribution in [1.29, 1.82) is 0 Å². The summed E-state index contributed by atoms with van der Waals surface area (Å²) in [6.45, 7) is 6.77. The van der Waals surface area contributed by atoms with Crippen LogP contribution >= 0.6 is 0 Å². The quantitative estimate of drug-likeness (QED) is 0.814. The second kappa shape index (κ2) is 6.49. The van der Waals surface area contributed by atoms with Crippen molar-refractivity contribution in [3.8, 4) is 0 Å². The average molecular weight is 264 g/mol. The highest BCUT2D eigenvalue weighted by atomic mass is 19.1. The summed E-state index contributed by atoms with van der Waals surface area (Å²) < 4.78 is 13.9. The van der Waals surface area contributed by atoms with E-state index in [9.17, 15) is 4.39 Å². The molecule has 106 valence electrons. The Balaban J connectivity index is 2.01. The van der Waals surface area contributed by atoms with Crippen molar-refractivity contribution in [3.05, 3.63) is 35.1 Å². The number of benzene rings is 1. The summed E-state index contributed by atoms with van der Waals surface area (Å²) in [6, 6.07) is 6.01. The van der Waals surface area contributed by atoms with Crippen LogP contribution in [0.1, 0.15) is 37.8 Å². The van der Waals surface area contributed by atoms with E-state index in [1.807, 2.05) is 12.1 Å². The molecule has 0 radical (unpaired) electrons. The Kier molecular flexibility index (Phi) is 4.94. The number of rotatable bonds is 7. The van der Waals surface area contributed by atoms with Gasteiger partial charge in [-0.2, -0.15) is 0 Å². The lowest BCUT2D eigenvalue weighted by Crippen LogP contribution is -2.30. The van der Waals surface area contributed by atoms with Gasteiger partial charge in [-0.3, -0.25) is 4.90 Å². The maximum Gasteiger partial charge on any atom is 0.127 e. The van der Waals surface area contributed by atoms with Crippen molar-refractivity contribution in [2.75, 3.05) is 13.6 Å². The molecule has 1 fully saturated rings. The number of hydrogen-bond acceptors (Lipinski definition) is 2. The molecule has 1 aromatic rings. The van der Waals surface area contributed by atoms with Crippen molar-refractivity contribution in [2.24, 2.45) is 5.92 Å². The van der Waals surface area contributed by atoms with Gasteiger partial charge in [0.25, 0.3) is 0 Å². The standard InChI is InChI=1S/C16H25FN2/c1-4-18-10-13-5-8-16(17)15(9-13)11-19(3)12(2)14-6-7-14/h5,8-9,12,14,18H,4,6-7,10-11H2,1-3H3. The normalized spacial score (nSPS) is 16.9. The number of nitrogens with zero attached hydrogens (tertiary/aromatic N) is 1. The molecule has 0 spiro atoms. The molecule has 1 N–H and O–H groups in total. The molecule has 1 atom stereocenters. The van der Waals surface area contributed by atoms with E-state index in [0.29, 0.717) is 12.6 Å². The number of hydrogen-bond donors (Lipinski definition) is 1. The number of nitrogens with one attached hydrogen (secondary N) is 1. The molecule has 3 heteroatoms. The van der Waals surface area contributed by atoms with Gasteiger partial charge in [0.1, 0.15) is 5.82 Å². The zero-order chi connectivity index (χ0) is 13.8. The van der Waals surface area contributed by atoms with Crippen LogP contribution < -0.4 is 5.32 Å². The lowest BCUT2D eigenvalue weighted by Gasteiger charge is -2.25. The van der Waals surface area contributed by atoms with E-state index in [4.69, 9.17) is 0 Å². The van der Waals surface area contributed by atoms with Crippen molar-refractivity contribution in [3.63, 3.8) is 0 Å². The minimum Gasteiger partial charge on any atom is -0.313 e. The minimum atomic E-state index is -0.0879. The van der Waals surface area contributed by atoms with Gasteiger partial charge in [-0.25, -0.2) is 4.39 Å². The van der Waals surface area contributed by atoms with Gasteiger partial charge in [-0.05, 0) is 50.9 Å². The van der Waals surface area contributed by atoms with Gasteiger partial charge in [0.2, 0.25) is 0 Å². The van der Waals surface area contributed by atoms with Gasteiger partial charge in [0, 0.05) is 24.7 Å². The van der Waals surface area contributed by atoms with Crippen LogP contribution in [0.5, 0.6) is 0 Å². The van der Waals surface area contributed by atoms with E-state index >= 15 is 0 Å². The molecule has 1 saturated carbocycles. The fraction of sp³-hybridized carbons (Fsp3) is 0.625. The second-order valence-electron chi connectivity index (χ2n) is 5.70. The smallest absolute Gasteiger partial charge is 0.127 e. The lowest BCUT2D eigenvalue weighted by atomic mass is 10.1. The molecule has 0 heterocycles. The lowest BCUT2D eigenvalue weighted by molar-refractivity contribution is 0.223. The molecule has 2 nitrogen and oxygen atoms in total. The third kappa shape index (κ3) is 4.02. The minimum absolute atomic E-state index is 0.0879. The Morgan fingerprint density at radius 3 is 2.79 bits per heavy atom. The highest BCUT2D eigenvalue weighted by Gasteiger charge is 2.30. The van der Waals surface area contributed by atoms with Gasteiger partial charge in [0.05, 0.1) is 0 Å². The predicted octanol–water partition coefficient (Wildman–Crippen LogP) is 3.17. The molecule has 2 rings (SSSR count). The molecule has 1 aromatic carbocycles. The second-order valence-corrected chi connectivity index (χ2v) is 5.70. The van der Waals surface area contributed by atoms with Crippen LogP contribution in [0.25, 0.3) is 0 Å². The van der Waals surface area contributed by atoms with Gasteiger partial charge in [-0.15, -0.1) is 0 Å². The summed E-state index contributed by atoms with van der Waals surface area (Å²) in [5.74, 6) is 0.730. The Labute approximate surface area is 116 Å². The molecule has 1 unspecified atom stereocenters. The van der Waals surface area contributed by atoms with Crippen LogP contribution in [0.15, 0.2) is 18.2 Å². The van der Waals surface area contributed by atoms with E-state index < -0.39 is 0 Å². The Hall–Kier alpha value is -0.930. The molecule has 0 amide bonds. The van der Waals surface area contributed by atoms with Crippen molar-refractivity contribution in [2.45, 2.75) is 45.8 Å². The predicted molar refractivity (Wildman–Crippen MR) is 77.4 cm³/mol. The first-order valence-corrected chi connectivity index (χ1v) is 7.30. The van der Waals surface area contributed by atoms with E-state index in [0.717, 1.165) is 30.1 Å². The van der Waals surface area contributed by atoms with Gasteiger partial charge in [0.15, 0.2) is 0 Å². The Morgan fingerprint density at radius 2 is 2.16 bits per heavy atom. The Morgan fingerprint density at radius 1 is 1.42 bits per heavy atom. The van der Waals surface area contributed by atoms with Crippen LogP contribution in [0.3, 0.4) is 0 Å². The Bertz CT molecular complexity index is 415. The zero-order valence-electron chi connectivity index (χ0n) is 12.2. The molecule has 0 aliphatic heterocycles. The van der Waals surface area contributed by atoms with Crippen molar-refractivity contribution < 1.29 is 4.39 Å². The van der Waals surface area contributed by atoms with Gasteiger partial charge in [-0.1, -0.05) is 19.1 Å². The molecule has 1 aliphatic carbocycles. The van der Waals surface area contributed by atoms with Crippen LogP contribution in [0.2, 0.25) is 0 Å². The largest absolute Gasteiger partial charge is 0.313 e. The summed E-state index contributed by atoms with van der Waals surface area (Å²) in [6.07, 6.45) is 2.66. The van der Waals surface area contributed by atoms with Crippen LogP contribution in [0.4, 0.5) is 4.39 Å². The summed E-state index contributed by atoms with van der Waals surface area (Å²) in [5, 5.41) is 3.28.